The minimum absolute atomic E-state index is 0.110. The van der Waals surface area contributed by atoms with E-state index in [4.69, 9.17) is 4.74 Å². The molecule has 0 radical (unpaired) electrons. The van der Waals surface area contributed by atoms with Crippen LogP contribution in [0.2, 0.25) is 25.7 Å². The van der Waals surface area contributed by atoms with Gasteiger partial charge in [0.2, 0.25) is 0 Å². The van der Waals surface area contributed by atoms with Crippen LogP contribution in [0, 0.1) is 5.82 Å². The van der Waals surface area contributed by atoms with Crippen LogP contribution in [0.15, 0.2) is 48.8 Å². The van der Waals surface area contributed by atoms with Gasteiger partial charge in [0.15, 0.2) is 9.84 Å². The zero-order valence-corrected chi connectivity index (χ0v) is 21.0. The Kier molecular flexibility index (Phi) is 8.17. The summed E-state index contributed by atoms with van der Waals surface area (Å²) in [4.78, 5) is 8.74. The number of ether oxygens (including phenoxy) is 1. The van der Waals surface area contributed by atoms with Crippen molar-refractivity contribution in [2.45, 2.75) is 38.2 Å². The van der Waals surface area contributed by atoms with E-state index < -0.39 is 24.5 Å². The smallest absolute Gasteiger partial charge is 0.159 e. The third-order valence-corrected chi connectivity index (χ3v) is 8.29. The van der Waals surface area contributed by atoms with E-state index in [1.807, 2.05) is 0 Å². The summed E-state index contributed by atoms with van der Waals surface area (Å²) in [5.74, 6) is -0.758. The molecule has 178 valence electrons. The van der Waals surface area contributed by atoms with Crippen LogP contribution < -0.4 is 0 Å². The molecular weight excluding hydrogens is 461 g/mol. The Labute approximate surface area is 195 Å². The SMILES string of the molecule is C[Si](C)(C)CCOCn1c(CS(=O)(=O)CCO)nc(-c2ccncc2)c1-c1ccc(F)cc1. The van der Waals surface area contributed by atoms with E-state index in [1.165, 1.54) is 12.1 Å². The lowest BCUT2D eigenvalue weighted by molar-refractivity contribution is 0.0867. The molecule has 0 bridgehead atoms. The number of aliphatic hydroxyl groups is 1. The van der Waals surface area contributed by atoms with E-state index in [0.717, 1.165) is 11.6 Å². The fraction of sp³-hybridized carbons (Fsp3) is 0.391. The Balaban J connectivity index is 2.11. The van der Waals surface area contributed by atoms with Crippen molar-refractivity contribution in [1.29, 1.82) is 0 Å². The van der Waals surface area contributed by atoms with Gasteiger partial charge < -0.3 is 14.4 Å². The van der Waals surface area contributed by atoms with Crippen LogP contribution in [0.1, 0.15) is 5.82 Å². The summed E-state index contributed by atoms with van der Waals surface area (Å²) in [6.07, 6.45) is 3.27. The highest BCUT2D eigenvalue weighted by Crippen LogP contribution is 2.33. The molecule has 0 fully saturated rings. The number of aliphatic hydroxyl groups excluding tert-OH is 1. The van der Waals surface area contributed by atoms with Crippen molar-refractivity contribution in [3.63, 3.8) is 0 Å². The molecule has 7 nitrogen and oxygen atoms in total. The zero-order valence-electron chi connectivity index (χ0n) is 19.2. The topological polar surface area (TPSA) is 94.3 Å². The zero-order chi connectivity index (χ0) is 24.1. The molecule has 2 aromatic heterocycles. The summed E-state index contributed by atoms with van der Waals surface area (Å²) in [5, 5.41) is 9.17. The number of hydrogen-bond donors (Lipinski definition) is 1. The van der Waals surface area contributed by atoms with E-state index in [9.17, 15) is 17.9 Å². The molecule has 2 heterocycles. The Bertz CT molecular complexity index is 1160. The summed E-state index contributed by atoms with van der Waals surface area (Å²) in [5.41, 5.74) is 2.65. The Hall–Kier alpha value is -2.40. The largest absolute Gasteiger partial charge is 0.395 e. The summed E-state index contributed by atoms with van der Waals surface area (Å²) in [7, 11) is -4.90. The summed E-state index contributed by atoms with van der Waals surface area (Å²) >= 11 is 0. The number of benzene rings is 1. The van der Waals surface area contributed by atoms with Crippen LogP contribution in [-0.4, -0.2) is 55.1 Å². The number of imidazole rings is 1. The van der Waals surface area contributed by atoms with Gasteiger partial charge in [-0.05, 0) is 42.4 Å². The predicted octanol–water partition coefficient (Wildman–Crippen LogP) is 3.97. The van der Waals surface area contributed by atoms with Gasteiger partial charge in [-0.15, -0.1) is 0 Å². The monoisotopic (exact) mass is 491 g/mol. The molecule has 10 heteroatoms. The molecule has 3 aromatic rings. The number of sulfone groups is 1. The molecule has 3 rings (SSSR count). The maximum atomic E-state index is 13.6. The molecule has 0 aliphatic carbocycles. The first-order valence-corrected chi connectivity index (χ1v) is 16.3. The number of nitrogens with zero attached hydrogens (tertiary/aromatic N) is 3. The number of pyridine rings is 1. The molecule has 0 aliphatic rings. The third kappa shape index (κ3) is 7.04. The number of rotatable bonds is 11. The third-order valence-electron chi connectivity index (χ3n) is 5.09. The second-order valence-corrected chi connectivity index (χ2v) is 16.9. The molecule has 0 aliphatic heterocycles. The fourth-order valence-corrected chi connectivity index (χ4v) is 5.10. The van der Waals surface area contributed by atoms with E-state index in [1.54, 1.807) is 41.2 Å². The highest BCUT2D eigenvalue weighted by Gasteiger charge is 2.24. The van der Waals surface area contributed by atoms with Crippen LogP contribution in [-0.2, 0) is 27.1 Å². The molecule has 1 N–H and O–H groups in total. The Morgan fingerprint density at radius 3 is 2.33 bits per heavy atom. The molecule has 0 atom stereocenters. The first-order valence-electron chi connectivity index (χ1n) is 10.7. The van der Waals surface area contributed by atoms with Gasteiger partial charge in [0.25, 0.3) is 0 Å². The minimum atomic E-state index is -3.59. The Morgan fingerprint density at radius 2 is 1.73 bits per heavy atom. The molecule has 0 unspecified atom stereocenters. The summed E-state index contributed by atoms with van der Waals surface area (Å²) in [6, 6.07) is 10.5. The number of halogens is 1. The average molecular weight is 492 g/mol. The van der Waals surface area contributed by atoms with Crippen LogP contribution in [0.4, 0.5) is 4.39 Å². The second-order valence-electron chi connectivity index (χ2n) is 9.06. The van der Waals surface area contributed by atoms with Crippen LogP contribution in [0.25, 0.3) is 22.5 Å². The summed E-state index contributed by atoms with van der Waals surface area (Å²) in [6.45, 7) is 6.96. The molecule has 0 saturated carbocycles. The van der Waals surface area contributed by atoms with Crippen molar-refractivity contribution < 1.29 is 22.7 Å². The second kappa shape index (κ2) is 10.7. The molecule has 0 saturated heterocycles. The van der Waals surface area contributed by atoms with Gasteiger partial charge in [-0.1, -0.05) is 19.6 Å². The molecule has 0 spiro atoms. The van der Waals surface area contributed by atoms with Crippen molar-refractivity contribution >= 4 is 17.9 Å². The molecule has 0 amide bonds. The van der Waals surface area contributed by atoms with Crippen molar-refractivity contribution in [3.05, 3.63) is 60.4 Å². The van der Waals surface area contributed by atoms with Crippen LogP contribution in [0.5, 0.6) is 0 Å². The van der Waals surface area contributed by atoms with Crippen LogP contribution >= 0.6 is 0 Å². The lowest BCUT2D eigenvalue weighted by Gasteiger charge is -2.17. The van der Waals surface area contributed by atoms with Gasteiger partial charge >= 0.3 is 0 Å². The van der Waals surface area contributed by atoms with Crippen LogP contribution in [0.3, 0.4) is 0 Å². The van der Waals surface area contributed by atoms with Gasteiger partial charge in [-0.2, -0.15) is 0 Å². The molecule has 33 heavy (non-hydrogen) atoms. The first-order chi connectivity index (χ1) is 15.6. The maximum Gasteiger partial charge on any atom is 0.159 e. The fourth-order valence-electron chi connectivity index (χ4n) is 3.30. The van der Waals surface area contributed by atoms with Gasteiger partial charge in [0.1, 0.15) is 24.1 Å². The predicted molar refractivity (Wildman–Crippen MR) is 130 cm³/mol. The number of aromatic nitrogens is 3. The van der Waals surface area contributed by atoms with E-state index in [2.05, 4.69) is 29.6 Å². The van der Waals surface area contributed by atoms with Crippen molar-refractivity contribution in [2.24, 2.45) is 0 Å². The molecule has 1 aromatic carbocycles. The van der Waals surface area contributed by atoms with E-state index in [0.29, 0.717) is 29.4 Å². The van der Waals surface area contributed by atoms with E-state index >= 15 is 0 Å². The highest BCUT2D eigenvalue weighted by molar-refractivity contribution is 7.90. The lowest BCUT2D eigenvalue weighted by atomic mass is 10.1. The standard InChI is InChI=1S/C23H30FN3O4SSi/c1-33(2,3)15-13-31-17-27-21(16-32(29,30)14-12-28)26-22(18-8-10-25-11-9-18)23(27)19-4-6-20(24)7-5-19/h4-11,28H,12-17H2,1-3H3. The first kappa shape index (κ1) is 25.2. The Morgan fingerprint density at radius 1 is 1.06 bits per heavy atom. The van der Waals surface area contributed by atoms with Gasteiger partial charge in [0, 0.05) is 38.2 Å². The number of hydrogen-bond acceptors (Lipinski definition) is 6. The van der Waals surface area contributed by atoms with E-state index in [-0.39, 0.29) is 24.1 Å². The van der Waals surface area contributed by atoms with Gasteiger partial charge in [-0.25, -0.2) is 17.8 Å². The highest BCUT2D eigenvalue weighted by atomic mass is 32.2. The lowest BCUT2D eigenvalue weighted by Crippen LogP contribution is -2.22. The normalized spacial score (nSPS) is 12.3. The average Bonchev–Trinajstić information content (AvgIpc) is 3.09. The summed E-state index contributed by atoms with van der Waals surface area (Å²) < 4.78 is 46.4. The van der Waals surface area contributed by atoms with Crippen molar-refractivity contribution in [1.82, 2.24) is 14.5 Å². The maximum absolute atomic E-state index is 13.6. The molecular formula is C23H30FN3O4SSi. The minimum Gasteiger partial charge on any atom is -0.395 e. The quantitative estimate of drug-likeness (QED) is 0.322. The van der Waals surface area contributed by atoms with Crippen molar-refractivity contribution in [3.8, 4) is 22.5 Å². The van der Waals surface area contributed by atoms with Gasteiger partial charge in [-0.3, -0.25) is 4.98 Å². The van der Waals surface area contributed by atoms with Gasteiger partial charge in [0.05, 0.1) is 23.7 Å². The van der Waals surface area contributed by atoms with Crippen molar-refractivity contribution in [2.75, 3.05) is 19.0 Å².